The molecular weight excluding hydrogens is 402 g/mol. The zero-order chi connectivity index (χ0) is 20.2. The molecule has 0 saturated carbocycles. The van der Waals surface area contributed by atoms with Crippen molar-refractivity contribution in [3.63, 3.8) is 0 Å². The van der Waals surface area contributed by atoms with E-state index >= 15 is 0 Å². The fraction of sp³-hybridized carbons (Fsp3) is 0.375. The number of carbonyl (C=O) groups excluding carboxylic acids is 1. The van der Waals surface area contributed by atoms with Crippen LogP contribution in [0.2, 0.25) is 5.02 Å². The molecule has 5 heteroatoms. The van der Waals surface area contributed by atoms with Gasteiger partial charge >= 0.3 is 5.97 Å². The Morgan fingerprint density at radius 1 is 1.21 bits per heavy atom. The predicted octanol–water partition coefficient (Wildman–Crippen LogP) is 5.65. The number of rotatable bonds is 4. The van der Waals surface area contributed by atoms with E-state index in [1.54, 1.807) is 0 Å². The summed E-state index contributed by atoms with van der Waals surface area (Å²) in [4.78, 5) is 15.7. The molecule has 0 aliphatic carbocycles. The van der Waals surface area contributed by atoms with Crippen LogP contribution in [0.1, 0.15) is 36.5 Å². The van der Waals surface area contributed by atoms with Crippen molar-refractivity contribution in [2.24, 2.45) is 5.92 Å². The van der Waals surface area contributed by atoms with Crippen LogP contribution in [0.3, 0.4) is 0 Å². The summed E-state index contributed by atoms with van der Waals surface area (Å²) in [5, 5.41) is 0.768. The van der Waals surface area contributed by atoms with Gasteiger partial charge in [-0.3, -0.25) is 9.69 Å². The standard InChI is InChI=1S/C24H26ClNO2S/c1-2-28-24(27)17-9-12-26(13-10-17)14-11-21-20-6-4-3-5-18(20)16-29-23-8-7-19(25)15-22(21)23/h3-8,11,15,17H,2,9-10,12-14,16H2,1H3. The van der Waals surface area contributed by atoms with Gasteiger partial charge in [0.1, 0.15) is 0 Å². The SMILES string of the molecule is CCOC(=O)C1CCN(CC=C2c3ccccc3CSc3ccc(Cl)cc32)CC1. The molecule has 29 heavy (non-hydrogen) atoms. The minimum absolute atomic E-state index is 0.0382. The first-order valence-corrected chi connectivity index (χ1v) is 11.6. The number of ether oxygens (including phenoxy) is 1. The molecule has 1 saturated heterocycles. The van der Waals surface area contributed by atoms with Gasteiger partial charge < -0.3 is 4.74 Å². The highest BCUT2D eigenvalue weighted by Gasteiger charge is 2.26. The highest BCUT2D eigenvalue weighted by molar-refractivity contribution is 7.98. The molecule has 0 bridgehead atoms. The lowest BCUT2D eigenvalue weighted by molar-refractivity contribution is -0.149. The van der Waals surface area contributed by atoms with Crippen LogP contribution in [0.4, 0.5) is 0 Å². The van der Waals surface area contributed by atoms with E-state index in [-0.39, 0.29) is 11.9 Å². The summed E-state index contributed by atoms with van der Waals surface area (Å²) >= 11 is 8.22. The third-order valence-electron chi connectivity index (χ3n) is 5.68. The van der Waals surface area contributed by atoms with Gasteiger partial charge in [0.25, 0.3) is 0 Å². The summed E-state index contributed by atoms with van der Waals surface area (Å²) < 4.78 is 5.19. The minimum Gasteiger partial charge on any atom is -0.466 e. The van der Waals surface area contributed by atoms with Gasteiger partial charge in [-0.1, -0.05) is 41.9 Å². The Morgan fingerprint density at radius 3 is 2.79 bits per heavy atom. The molecule has 0 spiro atoms. The maximum Gasteiger partial charge on any atom is 0.309 e. The normalized spacial score (nSPS) is 18.8. The molecule has 2 aliphatic rings. The van der Waals surface area contributed by atoms with E-state index in [2.05, 4.69) is 47.4 Å². The number of esters is 1. The van der Waals surface area contributed by atoms with Crippen molar-refractivity contribution in [1.29, 1.82) is 0 Å². The fourth-order valence-corrected chi connectivity index (χ4v) is 5.32. The second-order valence-electron chi connectivity index (χ2n) is 7.53. The number of nitrogens with zero attached hydrogens (tertiary/aromatic N) is 1. The van der Waals surface area contributed by atoms with Crippen molar-refractivity contribution in [1.82, 2.24) is 4.90 Å². The van der Waals surface area contributed by atoms with Crippen molar-refractivity contribution < 1.29 is 9.53 Å². The molecule has 1 fully saturated rings. The first kappa shape index (κ1) is 20.5. The molecular formula is C24H26ClNO2S. The molecule has 3 nitrogen and oxygen atoms in total. The molecule has 2 heterocycles. The number of piperidine rings is 1. The Balaban J connectivity index is 1.56. The van der Waals surface area contributed by atoms with E-state index < -0.39 is 0 Å². The molecule has 4 rings (SSSR count). The summed E-state index contributed by atoms with van der Waals surface area (Å²) in [6.45, 7) is 5.05. The molecule has 2 aromatic rings. The van der Waals surface area contributed by atoms with Crippen LogP contribution in [-0.4, -0.2) is 37.1 Å². The van der Waals surface area contributed by atoms with Gasteiger partial charge in [0, 0.05) is 22.2 Å². The molecule has 0 unspecified atom stereocenters. The van der Waals surface area contributed by atoms with E-state index in [1.165, 1.54) is 27.2 Å². The first-order chi connectivity index (χ1) is 14.2. The quantitative estimate of drug-likeness (QED) is 0.589. The van der Waals surface area contributed by atoms with Crippen molar-refractivity contribution >= 4 is 34.9 Å². The largest absolute Gasteiger partial charge is 0.466 e. The number of likely N-dealkylation sites (tertiary alicyclic amines) is 1. The van der Waals surface area contributed by atoms with Crippen molar-refractivity contribution in [2.75, 3.05) is 26.2 Å². The maximum atomic E-state index is 12.0. The number of benzene rings is 2. The van der Waals surface area contributed by atoms with Gasteiger partial charge in [-0.2, -0.15) is 0 Å². The van der Waals surface area contributed by atoms with Crippen molar-refractivity contribution in [2.45, 2.75) is 30.4 Å². The summed E-state index contributed by atoms with van der Waals surface area (Å²) in [7, 11) is 0. The van der Waals surface area contributed by atoms with Gasteiger partial charge in [0.05, 0.1) is 12.5 Å². The molecule has 0 atom stereocenters. The Morgan fingerprint density at radius 2 is 2.00 bits per heavy atom. The lowest BCUT2D eigenvalue weighted by Gasteiger charge is -2.30. The van der Waals surface area contributed by atoms with Gasteiger partial charge in [-0.25, -0.2) is 0 Å². The zero-order valence-corrected chi connectivity index (χ0v) is 18.3. The summed E-state index contributed by atoms with van der Waals surface area (Å²) in [6, 6.07) is 14.8. The molecule has 0 radical (unpaired) electrons. The lowest BCUT2D eigenvalue weighted by Crippen LogP contribution is -2.37. The minimum atomic E-state index is -0.0382. The van der Waals surface area contributed by atoms with Crippen molar-refractivity contribution in [3.8, 4) is 0 Å². The number of halogens is 1. The third kappa shape index (κ3) is 4.71. The number of thioether (sulfide) groups is 1. The number of carbonyl (C=O) groups is 1. The van der Waals surface area contributed by atoms with Crippen LogP contribution in [0.5, 0.6) is 0 Å². The predicted molar refractivity (Wildman–Crippen MR) is 120 cm³/mol. The molecule has 0 aromatic heterocycles. The Kier molecular flexibility index (Phi) is 6.63. The molecule has 2 aliphatic heterocycles. The van der Waals surface area contributed by atoms with Gasteiger partial charge in [0.15, 0.2) is 0 Å². The highest BCUT2D eigenvalue weighted by Crippen LogP contribution is 2.41. The van der Waals surface area contributed by atoms with E-state index in [9.17, 15) is 4.79 Å². The van der Waals surface area contributed by atoms with Crippen LogP contribution in [0.15, 0.2) is 53.4 Å². The van der Waals surface area contributed by atoms with E-state index in [4.69, 9.17) is 16.3 Å². The van der Waals surface area contributed by atoms with Crippen molar-refractivity contribution in [3.05, 3.63) is 70.3 Å². The molecule has 0 N–H and O–H groups in total. The molecule has 2 aromatic carbocycles. The topological polar surface area (TPSA) is 29.5 Å². The lowest BCUT2D eigenvalue weighted by atomic mass is 9.93. The zero-order valence-electron chi connectivity index (χ0n) is 16.7. The van der Waals surface area contributed by atoms with Crippen LogP contribution in [0.25, 0.3) is 5.57 Å². The highest BCUT2D eigenvalue weighted by atomic mass is 35.5. The monoisotopic (exact) mass is 427 g/mol. The van der Waals surface area contributed by atoms with Crippen LogP contribution < -0.4 is 0 Å². The number of hydrogen-bond donors (Lipinski definition) is 0. The summed E-state index contributed by atoms with van der Waals surface area (Å²) in [6.07, 6.45) is 4.08. The Hall–Kier alpha value is -1.75. The average Bonchev–Trinajstić information content (AvgIpc) is 2.89. The van der Waals surface area contributed by atoms with Gasteiger partial charge in [-0.05, 0) is 73.3 Å². The maximum absolute atomic E-state index is 12.0. The summed E-state index contributed by atoms with van der Waals surface area (Å²) in [5.41, 5.74) is 5.13. The molecule has 0 amide bonds. The molecule has 152 valence electrons. The van der Waals surface area contributed by atoms with E-state index in [1.807, 2.05) is 24.8 Å². The smallest absolute Gasteiger partial charge is 0.309 e. The second-order valence-corrected chi connectivity index (χ2v) is 8.98. The number of fused-ring (bicyclic) bond motifs is 2. The van der Waals surface area contributed by atoms with Crippen LogP contribution in [0, 0.1) is 5.92 Å². The van der Waals surface area contributed by atoms with Crippen LogP contribution in [-0.2, 0) is 15.3 Å². The van der Waals surface area contributed by atoms with Crippen LogP contribution >= 0.6 is 23.4 Å². The number of hydrogen-bond acceptors (Lipinski definition) is 4. The first-order valence-electron chi connectivity index (χ1n) is 10.3. The second kappa shape index (κ2) is 9.38. The van der Waals surface area contributed by atoms with E-state index in [0.717, 1.165) is 43.3 Å². The third-order valence-corrected chi connectivity index (χ3v) is 7.04. The van der Waals surface area contributed by atoms with Gasteiger partial charge in [-0.15, -0.1) is 11.8 Å². The Labute approximate surface area is 182 Å². The average molecular weight is 428 g/mol. The van der Waals surface area contributed by atoms with Gasteiger partial charge in [0.2, 0.25) is 0 Å². The summed E-state index contributed by atoms with van der Waals surface area (Å²) in [5.74, 6) is 0.977. The van der Waals surface area contributed by atoms with E-state index in [0.29, 0.717) is 6.61 Å². The fourth-order valence-electron chi connectivity index (χ4n) is 4.10. The Bertz CT molecular complexity index is 919.